The summed E-state index contributed by atoms with van der Waals surface area (Å²) in [6.07, 6.45) is 0.129. The van der Waals surface area contributed by atoms with Gasteiger partial charge >= 0.3 is 6.09 Å². The number of ether oxygens (including phenoxy) is 2. The minimum Gasteiger partial charge on any atom is -0.465 e. The first-order chi connectivity index (χ1) is 7.68. The minimum absolute atomic E-state index is 0.0204. The van der Waals surface area contributed by atoms with E-state index in [0.29, 0.717) is 39.1 Å². The van der Waals surface area contributed by atoms with E-state index in [9.17, 15) is 4.79 Å². The van der Waals surface area contributed by atoms with Crippen molar-refractivity contribution in [3.05, 3.63) is 0 Å². The maximum Gasteiger partial charge on any atom is 0.407 e. The molecule has 2 rings (SSSR count). The molecule has 2 aliphatic rings. The third-order valence-electron chi connectivity index (χ3n) is 3.32. The molecule has 0 saturated carbocycles. The lowest BCUT2D eigenvalue weighted by Gasteiger charge is -2.43. The molecule has 2 N–H and O–H groups in total. The summed E-state index contributed by atoms with van der Waals surface area (Å²) in [6.45, 7) is 1.92. The summed E-state index contributed by atoms with van der Waals surface area (Å²) in [5.74, 6) is -0.737. The maximum atomic E-state index is 10.9. The third kappa shape index (κ3) is 2.00. The number of carboxylic acid groups (broad SMARTS) is 1. The van der Waals surface area contributed by atoms with Crippen LogP contribution in [0.15, 0.2) is 0 Å². The molecule has 0 aliphatic carbocycles. The van der Waals surface area contributed by atoms with E-state index < -0.39 is 11.9 Å². The quantitative estimate of drug-likeness (QED) is 0.705. The zero-order valence-electron chi connectivity index (χ0n) is 9.09. The smallest absolute Gasteiger partial charge is 0.407 e. The zero-order chi connectivity index (χ0) is 11.6. The number of carbonyl (C=O) groups is 1. The first-order valence-corrected chi connectivity index (χ1v) is 5.54. The number of aliphatic hydroxyl groups is 1. The van der Waals surface area contributed by atoms with Gasteiger partial charge in [-0.25, -0.2) is 4.79 Å². The molecule has 1 amide bonds. The van der Waals surface area contributed by atoms with E-state index in [-0.39, 0.29) is 12.5 Å². The largest absolute Gasteiger partial charge is 0.465 e. The highest BCUT2D eigenvalue weighted by Gasteiger charge is 2.48. The molecule has 2 heterocycles. The fourth-order valence-corrected chi connectivity index (χ4v) is 2.48. The molecule has 92 valence electrons. The van der Waals surface area contributed by atoms with E-state index in [2.05, 4.69) is 0 Å². The Morgan fingerprint density at radius 1 is 1.44 bits per heavy atom. The van der Waals surface area contributed by atoms with Crippen LogP contribution >= 0.6 is 0 Å². The molecule has 0 radical (unpaired) electrons. The number of hydrogen-bond acceptors (Lipinski definition) is 4. The van der Waals surface area contributed by atoms with E-state index in [1.165, 1.54) is 4.90 Å². The van der Waals surface area contributed by atoms with Gasteiger partial charge in [0.25, 0.3) is 0 Å². The third-order valence-corrected chi connectivity index (χ3v) is 3.32. The first kappa shape index (κ1) is 11.6. The summed E-state index contributed by atoms with van der Waals surface area (Å²) in [5, 5.41) is 17.9. The second-order valence-corrected chi connectivity index (χ2v) is 4.20. The molecule has 0 aromatic heterocycles. The molecule has 1 spiro atoms. The van der Waals surface area contributed by atoms with Crippen LogP contribution in [0, 0.1) is 5.92 Å². The van der Waals surface area contributed by atoms with Crippen LogP contribution in [0.4, 0.5) is 4.79 Å². The Morgan fingerprint density at radius 3 is 2.69 bits per heavy atom. The van der Waals surface area contributed by atoms with Crippen LogP contribution < -0.4 is 0 Å². The van der Waals surface area contributed by atoms with Gasteiger partial charge in [0.1, 0.15) is 0 Å². The van der Waals surface area contributed by atoms with Crippen molar-refractivity contribution in [1.29, 1.82) is 0 Å². The molecule has 1 unspecified atom stereocenters. The summed E-state index contributed by atoms with van der Waals surface area (Å²) < 4.78 is 11.2. The van der Waals surface area contributed by atoms with Crippen molar-refractivity contribution < 1.29 is 24.5 Å². The Balaban J connectivity index is 2.07. The number of amides is 1. The van der Waals surface area contributed by atoms with Crippen molar-refractivity contribution in [3.8, 4) is 0 Å². The fourth-order valence-electron chi connectivity index (χ4n) is 2.48. The Hall–Kier alpha value is -0.850. The van der Waals surface area contributed by atoms with E-state index in [0.717, 1.165) is 0 Å². The summed E-state index contributed by atoms with van der Waals surface area (Å²) in [5.41, 5.74) is 0. The molecular formula is C10H17NO5. The average Bonchev–Trinajstić information content (AvgIpc) is 2.71. The molecule has 0 aromatic carbocycles. The van der Waals surface area contributed by atoms with Gasteiger partial charge in [-0.3, -0.25) is 0 Å². The Morgan fingerprint density at radius 2 is 2.12 bits per heavy atom. The van der Waals surface area contributed by atoms with Gasteiger partial charge in [0.05, 0.1) is 13.2 Å². The van der Waals surface area contributed by atoms with Crippen molar-refractivity contribution in [1.82, 2.24) is 4.90 Å². The van der Waals surface area contributed by atoms with Crippen LogP contribution in [0.3, 0.4) is 0 Å². The van der Waals surface area contributed by atoms with E-state index in [1.807, 2.05) is 0 Å². The van der Waals surface area contributed by atoms with Gasteiger partial charge in [-0.15, -0.1) is 0 Å². The van der Waals surface area contributed by atoms with Crippen LogP contribution in [0.25, 0.3) is 0 Å². The lowest BCUT2D eigenvalue weighted by atomic mass is 9.88. The highest BCUT2D eigenvalue weighted by Crippen LogP contribution is 2.37. The van der Waals surface area contributed by atoms with Crippen LogP contribution in [-0.4, -0.2) is 59.9 Å². The number of rotatable bonds is 2. The van der Waals surface area contributed by atoms with E-state index in [4.69, 9.17) is 19.7 Å². The van der Waals surface area contributed by atoms with Crippen molar-refractivity contribution in [2.45, 2.75) is 18.6 Å². The average molecular weight is 231 g/mol. The number of aliphatic hydroxyl groups excluding tert-OH is 1. The van der Waals surface area contributed by atoms with Crippen molar-refractivity contribution in [2.75, 3.05) is 32.9 Å². The second kappa shape index (κ2) is 4.57. The summed E-state index contributed by atoms with van der Waals surface area (Å²) in [7, 11) is 0. The Labute approximate surface area is 93.7 Å². The van der Waals surface area contributed by atoms with Crippen LogP contribution in [0.2, 0.25) is 0 Å². The Bertz CT molecular complexity index is 264. The monoisotopic (exact) mass is 231 g/mol. The lowest BCUT2D eigenvalue weighted by Crippen LogP contribution is -2.54. The minimum atomic E-state index is -0.921. The topological polar surface area (TPSA) is 79.2 Å². The number of hydrogen-bond donors (Lipinski definition) is 2. The molecule has 16 heavy (non-hydrogen) atoms. The summed E-state index contributed by atoms with van der Waals surface area (Å²) in [6, 6.07) is 0. The molecule has 2 saturated heterocycles. The highest BCUT2D eigenvalue weighted by molar-refractivity contribution is 5.65. The molecule has 2 fully saturated rings. The molecular weight excluding hydrogens is 214 g/mol. The normalized spacial score (nSPS) is 28.6. The van der Waals surface area contributed by atoms with Gasteiger partial charge in [-0.05, 0) is 6.42 Å². The lowest BCUT2D eigenvalue weighted by molar-refractivity contribution is -0.220. The van der Waals surface area contributed by atoms with Crippen LogP contribution in [0.1, 0.15) is 12.8 Å². The number of nitrogens with zero attached hydrogens (tertiary/aromatic N) is 1. The van der Waals surface area contributed by atoms with E-state index in [1.54, 1.807) is 0 Å². The van der Waals surface area contributed by atoms with Gasteiger partial charge in [0.15, 0.2) is 5.79 Å². The summed E-state index contributed by atoms with van der Waals surface area (Å²) >= 11 is 0. The van der Waals surface area contributed by atoms with Crippen molar-refractivity contribution >= 4 is 6.09 Å². The highest BCUT2D eigenvalue weighted by atomic mass is 16.7. The molecule has 6 heteroatoms. The molecule has 0 aromatic rings. The standard InChI is InChI=1S/C10H17NO5/c12-4-1-8-7-11(9(13)14)3-2-10(8)15-5-6-16-10/h8,12H,1-7H2,(H,13,14). The number of likely N-dealkylation sites (tertiary alicyclic amines) is 1. The molecule has 2 aliphatic heterocycles. The maximum absolute atomic E-state index is 10.9. The van der Waals surface area contributed by atoms with Gasteiger partial charge in [0.2, 0.25) is 0 Å². The SMILES string of the molecule is O=C(O)N1CCC2(OCCO2)C(CCO)C1. The van der Waals surface area contributed by atoms with Gasteiger partial charge in [-0.2, -0.15) is 0 Å². The van der Waals surface area contributed by atoms with Gasteiger partial charge in [0, 0.05) is 32.0 Å². The first-order valence-electron chi connectivity index (χ1n) is 5.54. The van der Waals surface area contributed by atoms with Crippen LogP contribution in [0.5, 0.6) is 0 Å². The predicted molar refractivity (Wildman–Crippen MR) is 54.0 cm³/mol. The van der Waals surface area contributed by atoms with Gasteiger partial charge < -0.3 is 24.6 Å². The second-order valence-electron chi connectivity index (χ2n) is 4.20. The molecule has 0 bridgehead atoms. The summed E-state index contributed by atoms with van der Waals surface area (Å²) in [4.78, 5) is 12.2. The molecule has 1 atom stereocenters. The van der Waals surface area contributed by atoms with Crippen LogP contribution in [-0.2, 0) is 9.47 Å². The Kier molecular flexibility index (Phi) is 3.32. The van der Waals surface area contributed by atoms with E-state index >= 15 is 0 Å². The zero-order valence-corrected chi connectivity index (χ0v) is 9.09. The van der Waals surface area contributed by atoms with Gasteiger partial charge in [-0.1, -0.05) is 0 Å². The molecule has 6 nitrogen and oxygen atoms in total. The predicted octanol–water partition coefficient (Wildman–Crippen LogP) is 0.112. The fraction of sp³-hybridized carbons (Fsp3) is 0.900. The van der Waals surface area contributed by atoms with Crippen molar-refractivity contribution in [2.24, 2.45) is 5.92 Å². The number of piperidine rings is 1. The van der Waals surface area contributed by atoms with Crippen molar-refractivity contribution in [3.63, 3.8) is 0 Å².